The van der Waals surface area contributed by atoms with Gasteiger partial charge in [0.25, 0.3) is 5.91 Å². The minimum atomic E-state index is -1.82. The molecular weight excluding hydrogens is 385 g/mol. The summed E-state index contributed by atoms with van der Waals surface area (Å²) in [6.45, 7) is 4.56. The predicted octanol–water partition coefficient (Wildman–Crippen LogP) is 4.21. The molecule has 1 N–H and O–H groups in total. The van der Waals surface area contributed by atoms with Crippen molar-refractivity contribution >= 4 is 22.6 Å². The van der Waals surface area contributed by atoms with E-state index in [4.69, 9.17) is 4.74 Å². The number of benzene rings is 3. The largest absolute Gasteiger partial charge is 0.438 e. The smallest absolute Gasteiger partial charge is 0.337 e. The van der Waals surface area contributed by atoms with E-state index in [1.165, 1.54) is 30.0 Å². The van der Waals surface area contributed by atoms with Crippen LogP contribution in [0.3, 0.4) is 0 Å². The van der Waals surface area contributed by atoms with Gasteiger partial charge in [-0.25, -0.2) is 9.18 Å². The summed E-state index contributed by atoms with van der Waals surface area (Å²) in [6.07, 6.45) is -1.62. The Hall–Kier alpha value is -3.25. The second-order valence-corrected chi connectivity index (χ2v) is 8.08. The Morgan fingerprint density at radius 1 is 1.00 bits per heavy atom. The highest BCUT2D eigenvalue weighted by Crippen LogP contribution is 2.45. The first-order chi connectivity index (χ1) is 14.2. The monoisotopic (exact) mass is 407 g/mol. The molecule has 1 amide bonds. The number of aliphatic hydroxyl groups excluding tert-OH is 1. The van der Waals surface area contributed by atoms with E-state index in [0.717, 1.165) is 5.39 Å². The Kier molecular flexibility index (Phi) is 4.62. The average Bonchev–Trinajstić information content (AvgIpc) is 2.91. The molecule has 0 spiro atoms. The summed E-state index contributed by atoms with van der Waals surface area (Å²) in [5, 5.41) is 12.7. The van der Waals surface area contributed by atoms with Crippen molar-refractivity contribution in [2.45, 2.75) is 38.1 Å². The molecule has 3 aromatic carbocycles. The van der Waals surface area contributed by atoms with Crippen molar-refractivity contribution in [2.75, 3.05) is 0 Å². The third-order valence-corrected chi connectivity index (χ3v) is 5.71. The number of fused-ring (bicyclic) bond motifs is 1. The van der Waals surface area contributed by atoms with Crippen molar-refractivity contribution in [1.29, 1.82) is 0 Å². The van der Waals surface area contributed by atoms with Crippen LogP contribution in [0.5, 0.6) is 0 Å². The quantitative estimate of drug-likeness (QED) is 0.661. The average molecular weight is 407 g/mol. The minimum Gasteiger partial charge on any atom is -0.438 e. The maximum Gasteiger partial charge on any atom is 0.337 e. The topological polar surface area (TPSA) is 66.8 Å². The van der Waals surface area contributed by atoms with Gasteiger partial charge in [0.15, 0.2) is 11.3 Å². The van der Waals surface area contributed by atoms with Crippen LogP contribution >= 0.6 is 0 Å². The van der Waals surface area contributed by atoms with Crippen LogP contribution in [0.2, 0.25) is 0 Å². The van der Waals surface area contributed by atoms with Crippen molar-refractivity contribution in [3.8, 4) is 0 Å². The number of hydrogen-bond donors (Lipinski definition) is 1. The zero-order chi connectivity index (χ0) is 21.7. The number of nitrogens with zero attached hydrogens (tertiary/aromatic N) is 1. The molecule has 5 nitrogen and oxygen atoms in total. The van der Waals surface area contributed by atoms with Crippen LogP contribution in [0.15, 0.2) is 66.7 Å². The molecule has 1 aliphatic rings. The van der Waals surface area contributed by atoms with E-state index in [9.17, 15) is 19.1 Å². The highest BCUT2D eigenvalue weighted by Gasteiger charge is 2.62. The maximum atomic E-state index is 14.4. The van der Waals surface area contributed by atoms with Crippen molar-refractivity contribution in [1.82, 2.24) is 4.90 Å². The molecule has 2 atom stereocenters. The fourth-order valence-corrected chi connectivity index (χ4v) is 4.25. The van der Waals surface area contributed by atoms with E-state index >= 15 is 0 Å². The molecule has 1 saturated heterocycles. The molecule has 3 aromatic rings. The third kappa shape index (κ3) is 2.87. The first-order valence-electron chi connectivity index (χ1n) is 9.66. The minimum absolute atomic E-state index is 0.0784. The van der Waals surface area contributed by atoms with Gasteiger partial charge in [0.2, 0.25) is 0 Å². The van der Waals surface area contributed by atoms with Crippen LogP contribution in [0.25, 0.3) is 10.8 Å². The van der Waals surface area contributed by atoms with Crippen LogP contribution in [-0.2, 0) is 9.53 Å². The lowest BCUT2D eigenvalue weighted by Gasteiger charge is -2.40. The van der Waals surface area contributed by atoms with Crippen LogP contribution < -0.4 is 0 Å². The molecular formula is C24H22FNO4. The number of ether oxygens (including phenoxy) is 1. The number of carbonyl (C=O) groups excluding carboxylic acids is 2. The van der Waals surface area contributed by atoms with Gasteiger partial charge in [-0.05, 0) is 43.7 Å². The summed E-state index contributed by atoms with van der Waals surface area (Å²) in [4.78, 5) is 27.9. The van der Waals surface area contributed by atoms with Gasteiger partial charge in [0.1, 0.15) is 11.9 Å². The zero-order valence-electron chi connectivity index (χ0n) is 16.9. The number of esters is 1. The molecule has 0 saturated carbocycles. The highest BCUT2D eigenvalue weighted by molar-refractivity contribution is 6.09. The molecule has 0 unspecified atom stereocenters. The molecule has 6 heteroatoms. The van der Waals surface area contributed by atoms with Crippen LogP contribution in [0.1, 0.15) is 42.8 Å². The van der Waals surface area contributed by atoms with Crippen molar-refractivity contribution in [3.63, 3.8) is 0 Å². The maximum absolute atomic E-state index is 14.4. The van der Waals surface area contributed by atoms with Crippen molar-refractivity contribution in [2.24, 2.45) is 0 Å². The van der Waals surface area contributed by atoms with Gasteiger partial charge in [-0.3, -0.25) is 9.69 Å². The summed E-state index contributed by atoms with van der Waals surface area (Å²) in [5.41, 5.74) is -2.87. The van der Waals surface area contributed by atoms with E-state index in [2.05, 4.69) is 0 Å². The number of hydrogen-bond acceptors (Lipinski definition) is 4. The molecule has 0 radical (unpaired) electrons. The van der Waals surface area contributed by atoms with E-state index < -0.39 is 35.1 Å². The summed E-state index contributed by atoms with van der Waals surface area (Å²) >= 11 is 0. The van der Waals surface area contributed by atoms with Crippen molar-refractivity contribution in [3.05, 3.63) is 83.7 Å². The first-order valence-corrected chi connectivity index (χ1v) is 9.66. The van der Waals surface area contributed by atoms with Gasteiger partial charge in [0, 0.05) is 11.1 Å². The molecule has 1 heterocycles. The van der Waals surface area contributed by atoms with Gasteiger partial charge < -0.3 is 9.84 Å². The third-order valence-electron chi connectivity index (χ3n) is 5.71. The number of carbonyl (C=O) groups is 2. The number of cyclic esters (lactones) is 1. The number of aliphatic hydroxyl groups is 1. The summed E-state index contributed by atoms with van der Waals surface area (Å²) < 4.78 is 19.9. The second-order valence-electron chi connectivity index (χ2n) is 8.08. The van der Waals surface area contributed by atoms with Gasteiger partial charge >= 0.3 is 5.97 Å². The van der Waals surface area contributed by atoms with E-state index in [1.54, 1.807) is 32.0 Å². The number of amides is 1. The fourth-order valence-electron chi connectivity index (χ4n) is 4.25. The predicted molar refractivity (Wildman–Crippen MR) is 110 cm³/mol. The molecule has 0 aromatic heterocycles. The summed E-state index contributed by atoms with van der Waals surface area (Å²) in [5.74, 6) is -1.95. The Balaban J connectivity index is 1.88. The molecule has 4 rings (SSSR count). The zero-order valence-corrected chi connectivity index (χ0v) is 16.9. The van der Waals surface area contributed by atoms with Gasteiger partial charge in [0.05, 0.1) is 0 Å². The Morgan fingerprint density at radius 3 is 2.37 bits per heavy atom. The van der Waals surface area contributed by atoms with E-state index in [-0.39, 0.29) is 5.56 Å². The summed E-state index contributed by atoms with van der Waals surface area (Å²) in [7, 11) is 0. The lowest BCUT2D eigenvalue weighted by molar-refractivity contribution is -0.151. The molecule has 30 heavy (non-hydrogen) atoms. The molecule has 154 valence electrons. The van der Waals surface area contributed by atoms with Crippen LogP contribution in [0.4, 0.5) is 4.39 Å². The van der Waals surface area contributed by atoms with E-state index in [0.29, 0.717) is 10.9 Å². The standard InChI is InChI=1S/C24H22FNO4/c1-23(2)26(21(28)17-13-8-10-15-9-4-5-11-16(15)17)24(3,22(29)30-23)20(27)18-12-6-7-14-19(18)25/h4-14,20,27H,1-3H3/t20-,24-/m1/s1. The number of halogens is 1. The molecule has 1 aliphatic heterocycles. The SMILES string of the molecule is CC1(C)OC(=O)[C@@](C)([C@H](O)c2ccccc2F)N1C(=O)c1cccc2ccccc12. The lowest BCUT2D eigenvalue weighted by atomic mass is 9.86. The fraction of sp³-hybridized carbons (Fsp3) is 0.250. The van der Waals surface area contributed by atoms with Gasteiger partial charge in [-0.1, -0.05) is 54.6 Å². The van der Waals surface area contributed by atoms with Crippen molar-refractivity contribution < 1.29 is 23.8 Å². The molecule has 0 aliphatic carbocycles. The Labute approximate surface area is 173 Å². The lowest BCUT2D eigenvalue weighted by Crippen LogP contribution is -2.58. The van der Waals surface area contributed by atoms with Crippen LogP contribution in [0, 0.1) is 5.82 Å². The van der Waals surface area contributed by atoms with E-state index in [1.807, 2.05) is 30.3 Å². The Morgan fingerprint density at radius 2 is 1.63 bits per heavy atom. The molecule has 0 bridgehead atoms. The first kappa shape index (κ1) is 20.0. The number of rotatable bonds is 3. The highest BCUT2D eigenvalue weighted by atomic mass is 19.1. The Bertz CT molecular complexity index is 1150. The normalized spacial score (nSPS) is 21.5. The summed E-state index contributed by atoms with van der Waals surface area (Å²) in [6, 6.07) is 18.3. The van der Waals surface area contributed by atoms with Crippen LogP contribution in [-0.4, -0.2) is 33.1 Å². The second kappa shape index (κ2) is 6.92. The van der Waals surface area contributed by atoms with Gasteiger partial charge in [-0.2, -0.15) is 0 Å². The molecule has 1 fully saturated rings. The van der Waals surface area contributed by atoms with Gasteiger partial charge in [-0.15, -0.1) is 0 Å².